The first-order valence-electron chi connectivity index (χ1n) is 9.94. The van der Waals surface area contributed by atoms with Gasteiger partial charge >= 0.3 is 0 Å². The van der Waals surface area contributed by atoms with Crippen LogP contribution in [0.4, 0.5) is 15.9 Å². The van der Waals surface area contributed by atoms with Crippen molar-refractivity contribution in [1.29, 1.82) is 0 Å². The summed E-state index contributed by atoms with van der Waals surface area (Å²) in [6.45, 7) is 4.85. The average molecular weight is 381 g/mol. The highest BCUT2D eigenvalue weighted by atomic mass is 19.1. The predicted molar refractivity (Wildman–Crippen MR) is 108 cm³/mol. The van der Waals surface area contributed by atoms with Crippen molar-refractivity contribution in [2.24, 2.45) is 0 Å². The van der Waals surface area contributed by atoms with Gasteiger partial charge in [-0.1, -0.05) is 12.1 Å². The van der Waals surface area contributed by atoms with E-state index in [4.69, 9.17) is 14.7 Å². The minimum absolute atomic E-state index is 0.571. The lowest BCUT2D eigenvalue weighted by molar-refractivity contribution is 0.122. The topological polar surface area (TPSA) is 45.9 Å². The Balaban J connectivity index is 1.37. The first-order valence-corrected chi connectivity index (χ1v) is 9.94. The predicted octanol–water partition coefficient (Wildman–Crippen LogP) is 3.17. The molecule has 1 aromatic carbocycles. The third-order valence-corrected chi connectivity index (χ3v) is 5.60. The summed E-state index contributed by atoms with van der Waals surface area (Å²) < 4.78 is 20.8. The van der Waals surface area contributed by atoms with Crippen LogP contribution >= 0.6 is 0 Å². The quantitative estimate of drug-likeness (QED) is 0.697. The largest absolute Gasteiger partial charge is 0.378 e. The smallest absolute Gasteiger partial charge is 0.236 e. The molecule has 146 valence electrons. The summed E-state index contributed by atoms with van der Waals surface area (Å²) >= 11 is 0. The van der Waals surface area contributed by atoms with Crippen LogP contribution in [0.25, 0.3) is 17.0 Å². The molecule has 7 heteroatoms. The monoisotopic (exact) mass is 381 g/mol. The van der Waals surface area contributed by atoms with Crippen molar-refractivity contribution in [3.8, 4) is 11.3 Å². The van der Waals surface area contributed by atoms with Crippen molar-refractivity contribution in [2.45, 2.75) is 19.0 Å². The zero-order valence-electron chi connectivity index (χ0n) is 15.8. The molecule has 2 aliphatic heterocycles. The first kappa shape index (κ1) is 17.4. The second-order valence-electron chi connectivity index (χ2n) is 7.43. The van der Waals surface area contributed by atoms with Gasteiger partial charge in [0.15, 0.2) is 0 Å². The van der Waals surface area contributed by atoms with E-state index in [1.807, 2.05) is 22.9 Å². The maximum absolute atomic E-state index is 13.4. The highest BCUT2D eigenvalue weighted by Gasteiger charge is 2.20. The number of nitrogens with zero attached hydrogens (tertiary/aromatic N) is 5. The summed E-state index contributed by atoms with van der Waals surface area (Å²) in [6, 6.07) is 10.5. The van der Waals surface area contributed by atoms with Crippen molar-refractivity contribution in [3.63, 3.8) is 0 Å². The van der Waals surface area contributed by atoms with Crippen LogP contribution in [-0.4, -0.2) is 59.9 Å². The number of fused-ring (bicyclic) bond motifs is 1. The molecule has 0 aliphatic carbocycles. The van der Waals surface area contributed by atoms with Crippen molar-refractivity contribution in [2.75, 3.05) is 49.2 Å². The van der Waals surface area contributed by atoms with E-state index in [9.17, 15) is 4.39 Å². The van der Waals surface area contributed by atoms with Crippen LogP contribution < -0.4 is 9.80 Å². The normalized spacial score (nSPS) is 18.8. The fraction of sp³-hybridized carbons (Fsp3) is 0.429. The average Bonchev–Trinajstić information content (AvgIpc) is 3.18. The summed E-state index contributed by atoms with van der Waals surface area (Å²) in [5.74, 6) is 1.55. The number of benzene rings is 1. The van der Waals surface area contributed by atoms with E-state index >= 15 is 0 Å². The van der Waals surface area contributed by atoms with Gasteiger partial charge in [0.1, 0.15) is 12.0 Å². The molecule has 0 amide bonds. The number of aromatic nitrogens is 3. The molecule has 2 aromatic heterocycles. The lowest BCUT2D eigenvalue weighted by Crippen LogP contribution is -2.36. The molecule has 0 N–H and O–H groups in total. The lowest BCUT2D eigenvalue weighted by Gasteiger charge is -2.29. The maximum atomic E-state index is 13.4. The Bertz CT molecular complexity index is 943. The van der Waals surface area contributed by atoms with Gasteiger partial charge < -0.3 is 14.5 Å². The third-order valence-electron chi connectivity index (χ3n) is 5.60. The van der Waals surface area contributed by atoms with Crippen molar-refractivity contribution in [1.82, 2.24) is 14.4 Å². The first-order chi connectivity index (χ1) is 13.8. The highest BCUT2D eigenvalue weighted by Crippen LogP contribution is 2.25. The van der Waals surface area contributed by atoms with E-state index in [0.29, 0.717) is 31.7 Å². The SMILES string of the molecule is FC1CCN(c2ccn3cc(-c4ccc(N5CCOCC5)cc4)nc3n2)CC1. The summed E-state index contributed by atoms with van der Waals surface area (Å²) in [5.41, 5.74) is 3.19. The van der Waals surface area contributed by atoms with Gasteiger partial charge in [-0.05, 0) is 31.0 Å². The van der Waals surface area contributed by atoms with Crippen LogP contribution in [0.3, 0.4) is 0 Å². The molecule has 2 fully saturated rings. The van der Waals surface area contributed by atoms with Crippen molar-refractivity contribution in [3.05, 3.63) is 42.7 Å². The van der Waals surface area contributed by atoms with E-state index in [2.05, 4.69) is 34.1 Å². The second kappa shape index (κ2) is 7.39. The van der Waals surface area contributed by atoms with Crippen molar-refractivity contribution >= 4 is 17.3 Å². The van der Waals surface area contributed by atoms with Crippen LogP contribution in [0.1, 0.15) is 12.8 Å². The molecule has 4 heterocycles. The fourth-order valence-corrected chi connectivity index (χ4v) is 3.92. The van der Waals surface area contributed by atoms with Crippen LogP contribution in [-0.2, 0) is 4.74 Å². The van der Waals surface area contributed by atoms with Crippen LogP contribution in [0.2, 0.25) is 0 Å². The van der Waals surface area contributed by atoms with E-state index in [1.54, 1.807) is 0 Å². The van der Waals surface area contributed by atoms with Gasteiger partial charge in [-0.15, -0.1) is 0 Å². The van der Waals surface area contributed by atoms with Crippen LogP contribution in [0.5, 0.6) is 0 Å². The Morgan fingerprint density at radius 3 is 2.39 bits per heavy atom. The number of imidazole rings is 1. The molecule has 6 nitrogen and oxygen atoms in total. The number of morpholine rings is 1. The zero-order chi connectivity index (χ0) is 18.9. The summed E-state index contributed by atoms with van der Waals surface area (Å²) in [5, 5.41) is 0. The third kappa shape index (κ3) is 3.42. The molecular weight excluding hydrogens is 357 g/mol. The molecule has 0 bridgehead atoms. The molecular formula is C21H24FN5O. The minimum atomic E-state index is -0.682. The van der Waals surface area contributed by atoms with Gasteiger partial charge in [-0.2, -0.15) is 4.98 Å². The molecule has 0 saturated carbocycles. The van der Waals surface area contributed by atoms with E-state index in [1.165, 1.54) is 5.69 Å². The van der Waals surface area contributed by atoms with Gasteiger partial charge in [0, 0.05) is 49.8 Å². The van der Waals surface area contributed by atoms with Gasteiger partial charge in [-0.25, -0.2) is 9.37 Å². The molecule has 0 unspecified atom stereocenters. The van der Waals surface area contributed by atoms with Crippen LogP contribution in [0.15, 0.2) is 42.7 Å². The molecule has 28 heavy (non-hydrogen) atoms. The number of ether oxygens (including phenoxy) is 1. The summed E-state index contributed by atoms with van der Waals surface area (Å²) in [4.78, 5) is 13.9. The number of alkyl halides is 1. The number of halogens is 1. The highest BCUT2D eigenvalue weighted by molar-refractivity contribution is 5.65. The maximum Gasteiger partial charge on any atom is 0.236 e. The van der Waals surface area contributed by atoms with E-state index < -0.39 is 6.17 Å². The number of hydrogen-bond donors (Lipinski definition) is 0. The van der Waals surface area contributed by atoms with Crippen molar-refractivity contribution < 1.29 is 9.13 Å². The number of anilines is 2. The van der Waals surface area contributed by atoms with Crippen LogP contribution in [0, 0.1) is 0 Å². The Hall–Kier alpha value is -2.67. The lowest BCUT2D eigenvalue weighted by atomic mass is 10.1. The zero-order valence-corrected chi connectivity index (χ0v) is 15.8. The molecule has 3 aromatic rings. The molecule has 0 spiro atoms. The molecule has 5 rings (SSSR count). The number of hydrogen-bond acceptors (Lipinski definition) is 5. The second-order valence-corrected chi connectivity index (χ2v) is 7.43. The molecule has 0 radical (unpaired) electrons. The van der Waals surface area contributed by atoms with Gasteiger partial charge in [0.05, 0.1) is 18.9 Å². The molecule has 0 atom stereocenters. The standard InChI is InChI=1S/C21H24FN5O/c22-17-5-8-26(9-6-17)20-7-10-27-15-19(23-21(27)24-20)16-1-3-18(4-2-16)25-11-13-28-14-12-25/h1-4,7,10,15,17H,5-6,8-9,11-14H2. The fourth-order valence-electron chi connectivity index (χ4n) is 3.92. The van der Waals surface area contributed by atoms with Gasteiger partial charge in [0.2, 0.25) is 5.78 Å². The minimum Gasteiger partial charge on any atom is -0.378 e. The molecule has 2 saturated heterocycles. The van der Waals surface area contributed by atoms with E-state index in [-0.39, 0.29) is 0 Å². The Morgan fingerprint density at radius 1 is 0.893 bits per heavy atom. The molecule has 2 aliphatic rings. The Labute approximate surface area is 163 Å². The number of piperidine rings is 1. The van der Waals surface area contributed by atoms with Gasteiger partial charge in [0.25, 0.3) is 0 Å². The Kier molecular flexibility index (Phi) is 4.60. The summed E-state index contributed by atoms with van der Waals surface area (Å²) in [7, 11) is 0. The van der Waals surface area contributed by atoms with Gasteiger partial charge in [-0.3, -0.25) is 4.40 Å². The Morgan fingerprint density at radius 2 is 1.64 bits per heavy atom. The number of rotatable bonds is 3. The van der Waals surface area contributed by atoms with E-state index in [0.717, 1.165) is 43.4 Å². The summed E-state index contributed by atoms with van der Waals surface area (Å²) in [6.07, 6.45) is 4.45.